The molecule has 0 saturated heterocycles. The Bertz CT molecular complexity index is 592. The monoisotopic (exact) mass is 210 g/mol. The average molecular weight is 210 g/mol. The second kappa shape index (κ2) is 3.34. The third-order valence-electron chi connectivity index (χ3n) is 2.44. The van der Waals surface area contributed by atoms with E-state index in [-0.39, 0.29) is 0 Å². The van der Waals surface area contributed by atoms with Gasteiger partial charge in [0.05, 0.1) is 5.69 Å². The van der Waals surface area contributed by atoms with Crippen molar-refractivity contribution in [3.63, 3.8) is 0 Å². The predicted molar refractivity (Wildman–Crippen MR) is 62.8 cm³/mol. The van der Waals surface area contributed by atoms with Crippen LogP contribution in [0.4, 0.5) is 5.69 Å². The summed E-state index contributed by atoms with van der Waals surface area (Å²) in [5.74, 6) is 0. The van der Waals surface area contributed by atoms with Gasteiger partial charge in [0.1, 0.15) is 0 Å². The van der Waals surface area contributed by atoms with Crippen LogP contribution in [0.5, 0.6) is 0 Å². The molecule has 0 atom stereocenters. The third kappa shape index (κ3) is 1.40. The van der Waals surface area contributed by atoms with E-state index in [0.717, 1.165) is 22.6 Å². The van der Waals surface area contributed by atoms with Crippen molar-refractivity contribution in [2.24, 2.45) is 0 Å². The maximum absolute atomic E-state index is 5.64. The summed E-state index contributed by atoms with van der Waals surface area (Å²) >= 11 is 0. The van der Waals surface area contributed by atoms with Crippen molar-refractivity contribution in [2.45, 2.75) is 0 Å². The van der Waals surface area contributed by atoms with Crippen LogP contribution >= 0.6 is 0 Å². The number of nitrogen functional groups attached to an aromatic ring is 1. The van der Waals surface area contributed by atoms with Gasteiger partial charge in [-0.1, -0.05) is 12.1 Å². The number of rotatable bonds is 1. The highest BCUT2D eigenvalue weighted by Gasteiger charge is 2.03. The topological polar surface area (TPSA) is 56.2 Å². The molecule has 3 rings (SSSR count). The summed E-state index contributed by atoms with van der Waals surface area (Å²) in [6.45, 7) is 0. The summed E-state index contributed by atoms with van der Waals surface area (Å²) in [5.41, 5.74) is 9.18. The fourth-order valence-corrected chi connectivity index (χ4v) is 1.63. The number of hydrogen-bond acceptors (Lipinski definition) is 3. The van der Waals surface area contributed by atoms with E-state index in [2.05, 4.69) is 10.1 Å². The fourth-order valence-electron chi connectivity index (χ4n) is 1.63. The Balaban J connectivity index is 2.15. The Morgan fingerprint density at radius 2 is 1.94 bits per heavy atom. The second-order valence-corrected chi connectivity index (χ2v) is 3.57. The molecule has 2 N–H and O–H groups in total. The summed E-state index contributed by atoms with van der Waals surface area (Å²) < 4.78 is 1.76. The Morgan fingerprint density at radius 3 is 2.69 bits per heavy atom. The predicted octanol–water partition coefficient (Wildman–Crippen LogP) is 1.98. The Hall–Kier alpha value is -2.36. The second-order valence-electron chi connectivity index (χ2n) is 3.57. The van der Waals surface area contributed by atoms with E-state index in [1.54, 1.807) is 10.7 Å². The summed E-state index contributed by atoms with van der Waals surface area (Å²) in [6, 6.07) is 11.5. The highest BCUT2D eigenvalue weighted by Crippen LogP contribution is 2.19. The van der Waals surface area contributed by atoms with Gasteiger partial charge in [-0.15, -0.1) is 0 Å². The lowest BCUT2D eigenvalue weighted by Gasteiger charge is -1.96. The first-order chi connectivity index (χ1) is 7.83. The standard InChI is InChI=1S/C12H10N4/c13-10-4-2-9(3-5-10)11-8-12-14-6-1-7-16(12)15-11/h1-8H,13H2. The molecule has 78 valence electrons. The molecule has 0 aliphatic heterocycles. The molecule has 1 aromatic carbocycles. The Kier molecular flexibility index (Phi) is 1.86. The quantitative estimate of drug-likeness (QED) is 0.625. The highest BCUT2D eigenvalue weighted by molar-refractivity contribution is 5.65. The minimum atomic E-state index is 0.755. The molecular weight excluding hydrogens is 200 g/mol. The number of benzene rings is 1. The van der Waals surface area contributed by atoms with Crippen LogP contribution < -0.4 is 5.73 Å². The van der Waals surface area contributed by atoms with E-state index in [1.165, 1.54) is 0 Å². The Morgan fingerprint density at radius 1 is 1.12 bits per heavy atom. The van der Waals surface area contributed by atoms with E-state index in [9.17, 15) is 0 Å². The highest BCUT2D eigenvalue weighted by atomic mass is 15.2. The van der Waals surface area contributed by atoms with Gasteiger partial charge in [0, 0.05) is 29.7 Å². The number of nitrogens with two attached hydrogens (primary N) is 1. The minimum absolute atomic E-state index is 0.755. The molecule has 0 saturated carbocycles. The lowest BCUT2D eigenvalue weighted by Crippen LogP contribution is -1.87. The van der Waals surface area contributed by atoms with Gasteiger partial charge in [-0.3, -0.25) is 0 Å². The Labute approximate surface area is 92.4 Å². The minimum Gasteiger partial charge on any atom is -0.399 e. The van der Waals surface area contributed by atoms with Gasteiger partial charge in [-0.25, -0.2) is 9.50 Å². The summed E-state index contributed by atoms with van der Waals surface area (Å²) in [4.78, 5) is 4.22. The SMILES string of the molecule is Nc1ccc(-c2cc3ncccn3n2)cc1. The average Bonchev–Trinajstić information content (AvgIpc) is 2.73. The maximum Gasteiger partial charge on any atom is 0.155 e. The zero-order valence-electron chi connectivity index (χ0n) is 8.54. The van der Waals surface area contributed by atoms with E-state index < -0.39 is 0 Å². The van der Waals surface area contributed by atoms with Gasteiger partial charge in [-0.2, -0.15) is 5.10 Å². The summed E-state index contributed by atoms with van der Waals surface area (Å²) in [6.07, 6.45) is 3.63. The molecule has 0 unspecified atom stereocenters. The van der Waals surface area contributed by atoms with Crippen LogP contribution in [-0.2, 0) is 0 Å². The van der Waals surface area contributed by atoms with Crippen molar-refractivity contribution >= 4 is 11.3 Å². The molecule has 0 bridgehead atoms. The molecule has 0 amide bonds. The molecule has 4 nitrogen and oxygen atoms in total. The van der Waals surface area contributed by atoms with Gasteiger partial charge in [0.2, 0.25) is 0 Å². The van der Waals surface area contributed by atoms with Gasteiger partial charge < -0.3 is 5.73 Å². The zero-order valence-corrected chi connectivity index (χ0v) is 8.54. The molecule has 2 heterocycles. The van der Waals surface area contributed by atoms with Crippen LogP contribution in [0.3, 0.4) is 0 Å². The van der Waals surface area contributed by atoms with Crippen molar-refractivity contribution in [1.29, 1.82) is 0 Å². The lowest BCUT2D eigenvalue weighted by molar-refractivity contribution is 0.943. The number of hydrogen-bond donors (Lipinski definition) is 1. The number of anilines is 1. The molecular formula is C12H10N4. The summed E-state index contributed by atoms with van der Waals surface area (Å²) in [5, 5.41) is 4.43. The summed E-state index contributed by atoms with van der Waals surface area (Å²) in [7, 11) is 0. The van der Waals surface area contributed by atoms with E-state index >= 15 is 0 Å². The van der Waals surface area contributed by atoms with Gasteiger partial charge >= 0.3 is 0 Å². The first kappa shape index (κ1) is 8.91. The van der Waals surface area contributed by atoms with Crippen LogP contribution in [0, 0.1) is 0 Å². The maximum atomic E-state index is 5.64. The largest absolute Gasteiger partial charge is 0.399 e. The molecule has 2 aromatic heterocycles. The third-order valence-corrected chi connectivity index (χ3v) is 2.44. The number of nitrogens with zero attached hydrogens (tertiary/aromatic N) is 3. The molecule has 0 aliphatic rings. The van der Waals surface area contributed by atoms with Crippen molar-refractivity contribution in [1.82, 2.24) is 14.6 Å². The van der Waals surface area contributed by atoms with Crippen LogP contribution in [0.15, 0.2) is 48.8 Å². The molecule has 3 aromatic rings. The number of aromatic nitrogens is 3. The first-order valence-electron chi connectivity index (χ1n) is 4.99. The van der Waals surface area contributed by atoms with E-state index in [4.69, 9.17) is 5.73 Å². The van der Waals surface area contributed by atoms with Crippen molar-refractivity contribution < 1.29 is 0 Å². The van der Waals surface area contributed by atoms with Crippen molar-refractivity contribution in [3.05, 3.63) is 48.8 Å². The molecule has 0 aliphatic carbocycles. The lowest BCUT2D eigenvalue weighted by atomic mass is 10.1. The van der Waals surface area contributed by atoms with Gasteiger partial charge in [-0.05, 0) is 18.2 Å². The molecule has 4 heteroatoms. The normalized spacial score (nSPS) is 10.8. The van der Waals surface area contributed by atoms with Crippen LogP contribution in [0.25, 0.3) is 16.9 Å². The first-order valence-corrected chi connectivity index (χ1v) is 4.99. The van der Waals surface area contributed by atoms with Gasteiger partial charge in [0.15, 0.2) is 5.65 Å². The van der Waals surface area contributed by atoms with Crippen molar-refractivity contribution in [3.8, 4) is 11.3 Å². The molecule has 16 heavy (non-hydrogen) atoms. The zero-order chi connectivity index (χ0) is 11.0. The fraction of sp³-hybridized carbons (Fsp3) is 0. The van der Waals surface area contributed by atoms with E-state index in [0.29, 0.717) is 0 Å². The van der Waals surface area contributed by atoms with Crippen molar-refractivity contribution in [2.75, 3.05) is 5.73 Å². The number of fused-ring (bicyclic) bond motifs is 1. The molecule has 0 radical (unpaired) electrons. The smallest absolute Gasteiger partial charge is 0.155 e. The van der Waals surface area contributed by atoms with Crippen LogP contribution in [0.2, 0.25) is 0 Å². The molecule has 0 spiro atoms. The van der Waals surface area contributed by atoms with Crippen LogP contribution in [0.1, 0.15) is 0 Å². The van der Waals surface area contributed by atoms with E-state index in [1.807, 2.05) is 42.6 Å². The van der Waals surface area contributed by atoms with Gasteiger partial charge in [0.25, 0.3) is 0 Å². The molecule has 0 fully saturated rings. The van der Waals surface area contributed by atoms with Crippen LogP contribution in [-0.4, -0.2) is 14.6 Å².